The van der Waals surface area contributed by atoms with Crippen LogP contribution in [0.5, 0.6) is 0 Å². The molecule has 1 aromatic heterocycles. The average molecular weight is 171 g/mol. The molecule has 0 aliphatic carbocycles. The number of nitrogens with zero attached hydrogens (tertiary/aromatic N) is 1. The Bertz CT molecular complexity index is 275. The van der Waals surface area contributed by atoms with Gasteiger partial charge in [-0.1, -0.05) is 11.6 Å². The number of hydrogen-bond acceptors (Lipinski definition) is 3. The number of aldehydes is 1. The van der Waals surface area contributed by atoms with E-state index in [0.717, 1.165) is 0 Å². The van der Waals surface area contributed by atoms with Crippen LogP contribution in [-0.4, -0.2) is 11.3 Å². The summed E-state index contributed by atoms with van der Waals surface area (Å²) in [6.45, 7) is 0.317. The minimum atomic E-state index is 0.317. The summed E-state index contributed by atoms with van der Waals surface area (Å²) in [7, 11) is 0. The number of hydrogen-bond donors (Lipinski definition) is 1. The number of rotatable bonds is 2. The van der Waals surface area contributed by atoms with Crippen LogP contribution in [0.2, 0.25) is 5.02 Å². The highest BCUT2D eigenvalue weighted by Crippen LogP contribution is 2.12. The van der Waals surface area contributed by atoms with Crippen LogP contribution in [0.3, 0.4) is 0 Å². The molecule has 0 aliphatic rings. The molecule has 4 heteroatoms. The van der Waals surface area contributed by atoms with Gasteiger partial charge in [0.15, 0.2) is 6.29 Å². The highest BCUT2D eigenvalue weighted by Gasteiger charge is 1.99. The summed E-state index contributed by atoms with van der Waals surface area (Å²) >= 11 is 5.62. The molecule has 0 fully saturated rings. The molecule has 58 valence electrons. The van der Waals surface area contributed by atoms with Crippen molar-refractivity contribution < 1.29 is 4.79 Å². The quantitative estimate of drug-likeness (QED) is 0.674. The van der Waals surface area contributed by atoms with Crippen molar-refractivity contribution in [2.45, 2.75) is 6.54 Å². The largest absolute Gasteiger partial charge is 0.325 e. The Kier molecular flexibility index (Phi) is 2.57. The van der Waals surface area contributed by atoms with Gasteiger partial charge in [0.2, 0.25) is 0 Å². The molecular weight excluding hydrogens is 164 g/mol. The van der Waals surface area contributed by atoms with Crippen molar-refractivity contribution in [1.29, 1.82) is 0 Å². The summed E-state index contributed by atoms with van der Waals surface area (Å²) in [5, 5.41) is 0.359. The van der Waals surface area contributed by atoms with Crippen LogP contribution in [0, 0.1) is 0 Å². The van der Waals surface area contributed by atoms with Gasteiger partial charge in [0.25, 0.3) is 0 Å². The molecule has 1 rings (SSSR count). The van der Waals surface area contributed by atoms with Crippen molar-refractivity contribution in [1.82, 2.24) is 4.98 Å². The van der Waals surface area contributed by atoms with Crippen LogP contribution >= 0.6 is 11.6 Å². The summed E-state index contributed by atoms with van der Waals surface area (Å²) in [6, 6.07) is 1.58. The number of carbonyl (C=O) groups excluding carboxylic acids is 1. The third kappa shape index (κ3) is 1.76. The molecule has 0 radical (unpaired) electrons. The Morgan fingerprint density at radius 1 is 1.73 bits per heavy atom. The maximum atomic E-state index is 10.3. The molecule has 0 saturated heterocycles. The van der Waals surface area contributed by atoms with E-state index >= 15 is 0 Å². The van der Waals surface area contributed by atoms with E-state index in [2.05, 4.69) is 4.98 Å². The molecule has 1 aromatic rings. The number of nitrogens with two attached hydrogens (primary N) is 1. The molecule has 0 spiro atoms. The van der Waals surface area contributed by atoms with E-state index in [0.29, 0.717) is 29.1 Å². The van der Waals surface area contributed by atoms with Crippen LogP contribution < -0.4 is 5.73 Å². The SMILES string of the molecule is NCc1cc(C=O)c(Cl)cn1. The summed E-state index contributed by atoms with van der Waals surface area (Å²) < 4.78 is 0. The van der Waals surface area contributed by atoms with Gasteiger partial charge in [0, 0.05) is 18.3 Å². The molecular formula is C7H7ClN2O. The number of halogens is 1. The molecule has 3 nitrogen and oxygen atoms in total. The van der Waals surface area contributed by atoms with Crippen molar-refractivity contribution in [2.24, 2.45) is 5.73 Å². The fourth-order valence-electron chi connectivity index (χ4n) is 0.702. The van der Waals surface area contributed by atoms with Crippen LogP contribution in [0.15, 0.2) is 12.3 Å². The van der Waals surface area contributed by atoms with Gasteiger partial charge < -0.3 is 5.73 Å². The number of aromatic nitrogens is 1. The Labute approximate surface area is 69.2 Å². The fraction of sp³-hybridized carbons (Fsp3) is 0.143. The Hall–Kier alpha value is -0.930. The monoisotopic (exact) mass is 170 g/mol. The van der Waals surface area contributed by atoms with E-state index < -0.39 is 0 Å². The lowest BCUT2D eigenvalue weighted by molar-refractivity contribution is 0.112. The summed E-state index contributed by atoms with van der Waals surface area (Å²) in [6.07, 6.45) is 2.11. The summed E-state index contributed by atoms with van der Waals surface area (Å²) in [5.74, 6) is 0. The molecule has 2 N–H and O–H groups in total. The summed E-state index contributed by atoms with van der Waals surface area (Å²) in [5.41, 5.74) is 6.40. The minimum absolute atomic E-state index is 0.317. The zero-order valence-corrected chi connectivity index (χ0v) is 6.51. The normalized spacial score (nSPS) is 9.64. The molecule has 11 heavy (non-hydrogen) atoms. The van der Waals surface area contributed by atoms with Crippen LogP contribution in [-0.2, 0) is 6.54 Å². The topological polar surface area (TPSA) is 56.0 Å². The molecule has 0 saturated carbocycles. The van der Waals surface area contributed by atoms with Crippen molar-refractivity contribution in [2.75, 3.05) is 0 Å². The lowest BCUT2D eigenvalue weighted by atomic mass is 10.2. The highest BCUT2D eigenvalue weighted by atomic mass is 35.5. The fourth-order valence-corrected chi connectivity index (χ4v) is 0.850. The Balaban J connectivity index is 3.12. The molecule has 0 bridgehead atoms. The van der Waals surface area contributed by atoms with Gasteiger partial charge in [-0.2, -0.15) is 0 Å². The van der Waals surface area contributed by atoms with E-state index in [1.54, 1.807) is 6.07 Å². The molecule has 0 aromatic carbocycles. The third-order valence-corrected chi connectivity index (χ3v) is 1.59. The average Bonchev–Trinajstić information content (AvgIpc) is 2.05. The molecule has 1 heterocycles. The van der Waals surface area contributed by atoms with Crippen molar-refractivity contribution in [3.63, 3.8) is 0 Å². The Morgan fingerprint density at radius 2 is 2.45 bits per heavy atom. The van der Waals surface area contributed by atoms with E-state index in [1.807, 2.05) is 0 Å². The maximum Gasteiger partial charge on any atom is 0.151 e. The maximum absolute atomic E-state index is 10.3. The predicted molar refractivity (Wildman–Crippen MR) is 42.5 cm³/mol. The van der Waals surface area contributed by atoms with Gasteiger partial charge in [-0.3, -0.25) is 9.78 Å². The highest BCUT2D eigenvalue weighted by molar-refractivity contribution is 6.32. The van der Waals surface area contributed by atoms with Crippen LogP contribution in [0.25, 0.3) is 0 Å². The van der Waals surface area contributed by atoms with Gasteiger partial charge >= 0.3 is 0 Å². The zero-order valence-electron chi connectivity index (χ0n) is 5.75. The second-order valence-corrected chi connectivity index (χ2v) is 2.43. The second kappa shape index (κ2) is 3.46. The van der Waals surface area contributed by atoms with Gasteiger partial charge in [-0.25, -0.2) is 0 Å². The van der Waals surface area contributed by atoms with E-state index in [-0.39, 0.29) is 0 Å². The first-order valence-electron chi connectivity index (χ1n) is 3.07. The van der Waals surface area contributed by atoms with Crippen LogP contribution in [0.4, 0.5) is 0 Å². The van der Waals surface area contributed by atoms with Gasteiger partial charge in [-0.15, -0.1) is 0 Å². The van der Waals surface area contributed by atoms with Gasteiger partial charge in [0.1, 0.15) is 0 Å². The first kappa shape index (κ1) is 8.17. The number of pyridine rings is 1. The van der Waals surface area contributed by atoms with Gasteiger partial charge in [-0.05, 0) is 6.07 Å². The smallest absolute Gasteiger partial charge is 0.151 e. The number of carbonyl (C=O) groups is 1. The van der Waals surface area contributed by atoms with Crippen molar-refractivity contribution in [3.05, 3.63) is 28.5 Å². The first-order chi connectivity index (χ1) is 5.27. The van der Waals surface area contributed by atoms with E-state index in [4.69, 9.17) is 17.3 Å². The van der Waals surface area contributed by atoms with E-state index in [9.17, 15) is 4.79 Å². The van der Waals surface area contributed by atoms with Crippen molar-refractivity contribution >= 4 is 17.9 Å². The van der Waals surface area contributed by atoms with Crippen molar-refractivity contribution in [3.8, 4) is 0 Å². The lowest BCUT2D eigenvalue weighted by Gasteiger charge is -1.97. The van der Waals surface area contributed by atoms with Crippen LogP contribution in [0.1, 0.15) is 16.1 Å². The first-order valence-corrected chi connectivity index (χ1v) is 3.45. The zero-order chi connectivity index (χ0) is 8.27. The molecule has 0 aliphatic heterocycles. The Morgan fingerprint density at radius 3 is 3.00 bits per heavy atom. The molecule has 0 amide bonds. The minimum Gasteiger partial charge on any atom is -0.325 e. The predicted octanol–water partition coefficient (Wildman–Crippen LogP) is 1.01. The molecule has 0 unspecified atom stereocenters. The van der Waals surface area contributed by atoms with Gasteiger partial charge in [0.05, 0.1) is 10.7 Å². The third-order valence-electron chi connectivity index (χ3n) is 1.28. The molecule has 0 atom stereocenters. The van der Waals surface area contributed by atoms with E-state index in [1.165, 1.54) is 6.20 Å². The second-order valence-electron chi connectivity index (χ2n) is 2.02. The lowest BCUT2D eigenvalue weighted by Crippen LogP contribution is -2.00. The standard InChI is InChI=1S/C7H7ClN2O/c8-7-3-10-6(2-9)1-5(7)4-11/h1,3-4H,2,9H2. The summed E-state index contributed by atoms with van der Waals surface area (Å²) in [4.78, 5) is 14.2.